The quantitative estimate of drug-likeness (QED) is 0.751. The van der Waals surface area contributed by atoms with Crippen molar-refractivity contribution in [1.29, 1.82) is 0 Å². The number of nitrogens with zero attached hydrogens (tertiary/aromatic N) is 2. The van der Waals surface area contributed by atoms with Crippen LogP contribution in [0.4, 0.5) is 0 Å². The molecule has 6 nitrogen and oxygen atoms in total. The Morgan fingerprint density at radius 3 is 3.12 bits per heavy atom. The van der Waals surface area contributed by atoms with Gasteiger partial charge in [-0.05, 0) is 12.8 Å². The second-order valence-corrected chi connectivity index (χ2v) is 4.16. The Kier molecular flexibility index (Phi) is 4.47. The van der Waals surface area contributed by atoms with Crippen molar-refractivity contribution in [1.82, 2.24) is 15.5 Å². The summed E-state index contributed by atoms with van der Waals surface area (Å²) in [6, 6.07) is 0.104. The van der Waals surface area contributed by atoms with Crippen molar-refractivity contribution >= 4 is 0 Å². The maximum Gasteiger partial charge on any atom is 0.243 e. The minimum Gasteiger partial charge on any atom is -0.380 e. The first-order valence-electron chi connectivity index (χ1n) is 6.00. The first-order valence-corrected chi connectivity index (χ1v) is 6.00. The number of aromatic nitrogens is 2. The number of methoxy groups -OCH3 is 1. The minimum absolute atomic E-state index is 0.104. The summed E-state index contributed by atoms with van der Waals surface area (Å²) in [5, 5.41) is 7.18. The molecule has 1 aliphatic heterocycles. The highest BCUT2D eigenvalue weighted by Gasteiger charge is 2.29. The van der Waals surface area contributed by atoms with Crippen molar-refractivity contribution in [3.8, 4) is 0 Å². The van der Waals surface area contributed by atoms with E-state index < -0.39 is 0 Å². The molecule has 1 fully saturated rings. The normalized spacial score (nSPS) is 24.4. The Bertz CT molecular complexity index is 342. The highest BCUT2D eigenvalue weighted by Crippen LogP contribution is 2.23. The first kappa shape index (κ1) is 12.5. The summed E-state index contributed by atoms with van der Waals surface area (Å²) in [4.78, 5) is 4.31. The average molecular weight is 241 g/mol. The van der Waals surface area contributed by atoms with Gasteiger partial charge in [0.05, 0.1) is 12.1 Å². The molecule has 1 aromatic heterocycles. The van der Waals surface area contributed by atoms with E-state index in [0.717, 1.165) is 26.0 Å². The van der Waals surface area contributed by atoms with Gasteiger partial charge in [0.15, 0.2) is 5.82 Å². The number of hydrogen-bond donors (Lipinski definition) is 1. The van der Waals surface area contributed by atoms with Crippen LogP contribution in [-0.4, -0.2) is 36.5 Å². The third-order valence-corrected chi connectivity index (χ3v) is 2.79. The lowest BCUT2D eigenvalue weighted by Crippen LogP contribution is -2.16. The molecular formula is C11H19N3O3. The third-order valence-electron chi connectivity index (χ3n) is 2.79. The lowest BCUT2D eigenvalue weighted by Gasteiger charge is -2.04. The van der Waals surface area contributed by atoms with E-state index in [0.29, 0.717) is 18.3 Å². The lowest BCUT2D eigenvalue weighted by molar-refractivity contribution is 0.114. The molecule has 0 amide bonds. The van der Waals surface area contributed by atoms with E-state index >= 15 is 0 Å². The van der Waals surface area contributed by atoms with Gasteiger partial charge in [0.1, 0.15) is 6.61 Å². The molecule has 1 aromatic rings. The maximum atomic E-state index is 5.36. The Hall–Kier alpha value is -0.980. The number of nitrogens with one attached hydrogen (secondary N) is 1. The van der Waals surface area contributed by atoms with Crippen LogP contribution in [-0.2, 0) is 16.1 Å². The van der Waals surface area contributed by atoms with Gasteiger partial charge in [0, 0.05) is 20.3 Å². The van der Waals surface area contributed by atoms with Gasteiger partial charge < -0.3 is 19.3 Å². The highest BCUT2D eigenvalue weighted by molar-refractivity contribution is 4.97. The molecule has 6 heteroatoms. The van der Waals surface area contributed by atoms with Gasteiger partial charge >= 0.3 is 0 Å². The van der Waals surface area contributed by atoms with Crippen LogP contribution in [0.15, 0.2) is 4.52 Å². The van der Waals surface area contributed by atoms with Gasteiger partial charge in [-0.3, -0.25) is 0 Å². The van der Waals surface area contributed by atoms with Crippen molar-refractivity contribution in [2.75, 3.05) is 20.3 Å². The van der Waals surface area contributed by atoms with E-state index in [2.05, 4.69) is 22.4 Å². The van der Waals surface area contributed by atoms with Crippen LogP contribution in [0.25, 0.3) is 0 Å². The largest absolute Gasteiger partial charge is 0.380 e. The summed E-state index contributed by atoms with van der Waals surface area (Å²) in [5.41, 5.74) is 0. The number of hydrogen-bond acceptors (Lipinski definition) is 6. The molecule has 0 aromatic carbocycles. The summed E-state index contributed by atoms with van der Waals surface area (Å²) < 4.78 is 15.8. The zero-order valence-electron chi connectivity index (χ0n) is 10.3. The van der Waals surface area contributed by atoms with Crippen molar-refractivity contribution in [3.63, 3.8) is 0 Å². The maximum absolute atomic E-state index is 5.36. The fourth-order valence-electron chi connectivity index (χ4n) is 1.85. The zero-order chi connectivity index (χ0) is 12.1. The van der Waals surface area contributed by atoms with Crippen molar-refractivity contribution in [2.45, 2.75) is 38.5 Å². The monoisotopic (exact) mass is 241 g/mol. The minimum atomic E-state index is 0.104. The first-order chi connectivity index (χ1) is 8.33. The summed E-state index contributed by atoms with van der Waals surface area (Å²) in [6.07, 6.45) is 2.09. The molecule has 1 saturated heterocycles. The van der Waals surface area contributed by atoms with Crippen LogP contribution in [0.2, 0.25) is 0 Å². The predicted octanol–water partition coefficient (Wildman–Crippen LogP) is 1.05. The highest BCUT2D eigenvalue weighted by atomic mass is 16.5. The van der Waals surface area contributed by atoms with Gasteiger partial charge in [0.2, 0.25) is 5.89 Å². The van der Waals surface area contributed by atoms with Gasteiger partial charge in [-0.2, -0.15) is 4.98 Å². The Morgan fingerprint density at radius 2 is 2.41 bits per heavy atom. The molecule has 96 valence electrons. The van der Waals surface area contributed by atoms with Gasteiger partial charge in [-0.1, -0.05) is 12.1 Å². The smallest absolute Gasteiger partial charge is 0.243 e. The Balaban J connectivity index is 1.85. The van der Waals surface area contributed by atoms with Crippen molar-refractivity contribution < 1.29 is 14.0 Å². The lowest BCUT2D eigenvalue weighted by atomic mass is 10.2. The molecule has 2 rings (SSSR count). The second-order valence-electron chi connectivity index (χ2n) is 4.16. The molecule has 0 spiro atoms. The van der Waals surface area contributed by atoms with Crippen LogP contribution in [0.1, 0.15) is 37.5 Å². The van der Waals surface area contributed by atoms with Crippen LogP contribution in [0.5, 0.6) is 0 Å². The summed E-state index contributed by atoms with van der Waals surface area (Å²) in [7, 11) is 1.71. The van der Waals surface area contributed by atoms with E-state index in [1.165, 1.54) is 0 Å². The molecular weight excluding hydrogens is 222 g/mol. The molecule has 1 N–H and O–H groups in total. The topological polar surface area (TPSA) is 69.4 Å². The van der Waals surface area contributed by atoms with Crippen LogP contribution < -0.4 is 5.32 Å². The van der Waals surface area contributed by atoms with E-state index in [-0.39, 0.29) is 12.1 Å². The van der Waals surface area contributed by atoms with Crippen LogP contribution in [0.3, 0.4) is 0 Å². The van der Waals surface area contributed by atoms with Gasteiger partial charge in [0.25, 0.3) is 0 Å². The molecule has 0 radical (unpaired) electrons. The summed E-state index contributed by atoms with van der Waals surface area (Å²) in [6.45, 7) is 4.02. The molecule has 0 saturated carbocycles. The number of rotatable bonds is 6. The molecule has 1 aliphatic rings. The molecule has 2 unspecified atom stereocenters. The SMILES string of the molecule is CCCOCc1noc(C2CC(OC)CN2)n1. The fraction of sp³-hybridized carbons (Fsp3) is 0.818. The molecule has 2 heterocycles. The van der Waals surface area contributed by atoms with Crippen molar-refractivity contribution in [2.24, 2.45) is 0 Å². The van der Waals surface area contributed by atoms with Crippen LogP contribution in [0, 0.1) is 0 Å². The van der Waals surface area contributed by atoms with E-state index in [1.807, 2.05) is 0 Å². The second kappa shape index (κ2) is 6.09. The number of ether oxygens (including phenoxy) is 2. The predicted molar refractivity (Wildman–Crippen MR) is 60.4 cm³/mol. The van der Waals surface area contributed by atoms with Crippen molar-refractivity contribution in [3.05, 3.63) is 11.7 Å². The fourth-order valence-corrected chi connectivity index (χ4v) is 1.85. The van der Waals surface area contributed by atoms with Crippen LogP contribution >= 0.6 is 0 Å². The molecule has 17 heavy (non-hydrogen) atoms. The molecule has 0 bridgehead atoms. The third kappa shape index (κ3) is 3.24. The summed E-state index contributed by atoms with van der Waals surface area (Å²) in [5.74, 6) is 1.23. The standard InChI is InChI=1S/C11H19N3O3/c1-3-4-16-7-10-13-11(17-14-10)9-5-8(15-2)6-12-9/h8-9,12H,3-7H2,1-2H3. The molecule has 2 atom stereocenters. The molecule has 0 aliphatic carbocycles. The Morgan fingerprint density at radius 1 is 1.53 bits per heavy atom. The van der Waals surface area contributed by atoms with E-state index in [9.17, 15) is 0 Å². The Labute approximate surface area is 101 Å². The van der Waals surface area contributed by atoms with Gasteiger partial charge in [-0.15, -0.1) is 0 Å². The van der Waals surface area contributed by atoms with E-state index in [1.54, 1.807) is 7.11 Å². The van der Waals surface area contributed by atoms with E-state index in [4.69, 9.17) is 14.0 Å². The zero-order valence-corrected chi connectivity index (χ0v) is 10.3. The summed E-state index contributed by atoms with van der Waals surface area (Å²) >= 11 is 0. The average Bonchev–Trinajstić information content (AvgIpc) is 2.97. The van der Waals surface area contributed by atoms with Gasteiger partial charge in [-0.25, -0.2) is 0 Å².